The quantitative estimate of drug-likeness (QED) is 0.161. The first-order valence-corrected chi connectivity index (χ1v) is 10.2. The van der Waals surface area contributed by atoms with Crippen LogP contribution in [0.15, 0.2) is 88.4 Å². The number of nitrogens with zero attached hydrogens (tertiary/aromatic N) is 1. The lowest BCUT2D eigenvalue weighted by Gasteiger charge is -2.07. The molecule has 1 N–H and O–H groups in total. The molecule has 0 unspecified atom stereocenters. The van der Waals surface area contributed by atoms with E-state index >= 15 is 0 Å². The molecule has 0 fully saturated rings. The Bertz CT molecular complexity index is 1130. The van der Waals surface area contributed by atoms with Crippen molar-refractivity contribution in [2.75, 3.05) is 6.61 Å². The van der Waals surface area contributed by atoms with Crippen LogP contribution in [0.2, 0.25) is 0 Å². The number of amides is 1. The maximum atomic E-state index is 12.9. The number of carbonyl (C=O) groups excluding carboxylic acids is 2. The van der Waals surface area contributed by atoms with Crippen molar-refractivity contribution in [2.45, 2.75) is 0 Å². The minimum Gasteiger partial charge on any atom is -0.484 e. The molecule has 0 aromatic heterocycles. The summed E-state index contributed by atoms with van der Waals surface area (Å²) in [5.74, 6) is -0.827. The van der Waals surface area contributed by atoms with E-state index in [9.17, 15) is 14.0 Å². The summed E-state index contributed by atoms with van der Waals surface area (Å²) < 4.78 is 24.3. The van der Waals surface area contributed by atoms with Gasteiger partial charge >= 0.3 is 5.97 Å². The topological polar surface area (TPSA) is 77.0 Å². The summed E-state index contributed by atoms with van der Waals surface area (Å²) in [5, 5.41) is 3.88. The third-order valence-corrected chi connectivity index (χ3v) is 4.46. The molecule has 1 amide bonds. The minimum atomic E-state index is -0.553. The monoisotopic (exact) mass is 496 g/mol. The molecule has 0 aliphatic rings. The van der Waals surface area contributed by atoms with Crippen LogP contribution >= 0.6 is 15.9 Å². The summed E-state index contributed by atoms with van der Waals surface area (Å²) in [6.45, 7) is -0.298. The molecule has 0 heterocycles. The SMILES string of the molecule is O=C(COc1ccc(F)cc1)NN=Cc1cc(Br)ccc1OC(=O)C=Cc1ccccc1. The molecule has 3 rings (SSSR count). The predicted octanol–water partition coefficient (Wildman–Crippen LogP) is 4.74. The standard InChI is InChI=1S/C24H18BrFN2O4/c25-19-7-12-22(32-24(30)13-6-17-4-2-1-3-5-17)18(14-19)15-27-28-23(29)16-31-21-10-8-20(26)9-11-21/h1-15H,16H2,(H,28,29). The van der Waals surface area contributed by atoms with Crippen LogP contribution in [0.5, 0.6) is 11.5 Å². The largest absolute Gasteiger partial charge is 0.484 e. The number of nitrogens with one attached hydrogen (secondary N) is 1. The van der Waals surface area contributed by atoms with Gasteiger partial charge in [-0.05, 0) is 54.1 Å². The van der Waals surface area contributed by atoms with Crippen LogP contribution < -0.4 is 14.9 Å². The maximum absolute atomic E-state index is 12.9. The van der Waals surface area contributed by atoms with Crippen LogP contribution in [0.3, 0.4) is 0 Å². The Balaban J connectivity index is 1.57. The Kier molecular flexibility index (Phi) is 8.28. The van der Waals surface area contributed by atoms with Crippen LogP contribution in [0.25, 0.3) is 6.08 Å². The van der Waals surface area contributed by atoms with Crippen LogP contribution in [-0.2, 0) is 9.59 Å². The van der Waals surface area contributed by atoms with E-state index in [0.29, 0.717) is 11.3 Å². The number of halogens is 2. The van der Waals surface area contributed by atoms with Crippen molar-refractivity contribution < 1.29 is 23.5 Å². The first-order chi connectivity index (χ1) is 15.5. The van der Waals surface area contributed by atoms with E-state index in [2.05, 4.69) is 26.5 Å². The van der Waals surface area contributed by atoms with Gasteiger partial charge in [0.25, 0.3) is 5.91 Å². The second-order valence-corrected chi connectivity index (χ2v) is 7.30. The lowest BCUT2D eigenvalue weighted by Crippen LogP contribution is -2.24. The molecule has 0 aliphatic heterocycles. The first kappa shape index (κ1) is 22.9. The molecular formula is C24H18BrFN2O4. The molecule has 0 aliphatic carbocycles. The van der Waals surface area contributed by atoms with Crippen molar-refractivity contribution in [2.24, 2.45) is 5.10 Å². The smallest absolute Gasteiger partial charge is 0.336 e. The maximum Gasteiger partial charge on any atom is 0.336 e. The summed E-state index contributed by atoms with van der Waals surface area (Å²) in [6.07, 6.45) is 4.33. The molecule has 0 bridgehead atoms. The summed E-state index contributed by atoms with van der Waals surface area (Å²) in [6, 6.07) is 19.7. The number of hydrogen-bond acceptors (Lipinski definition) is 5. The Morgan fingerprint density at radius 3 is 2.53 bits per heavy atom. The number of esters is 1. The van der Waals surface area contributed by atoms with E-state index in [1.165, 1.54) is 36.6 Å². The molecular weight excluding hydrogens is 479 g/mol. The van der Waals surface area contributed by atoms with Crippen molar-refractivity contribution in [3.63, 3.8) is 0 Å². The van der Waals surface area contributed by atoms with Crippen LogP contribution in [-0.4, -0.2) is 24.7 Å². The van der Waals surface area contributed by atoms with Crippen molar-refractivity contribution in [3.05, 3.63) is 100 Å². The van der Waals surface area contributed by atoms with E-state index in [1.54, 1.807) is 24.3 Å². The molecule has 8 heteroatoms. The van der Waals surface area contributed by atoms with Gasteiger partial charge in [-0.3, -0.25) is 4.79 Å². The Morgan fingerprint density at radius 1 is 1.03 bits per heavy atom. The minimum absolute atomic E-state index is 0.275. The molecule has 0 radical (unpaired) electrons. The number of carbonyl (C=O) groups is 2. The highest BCUT2D eigenvalue weighted by Gasteiger charge is 2.08. The summed E-state index contributed by atoms with van der Waals surface area (Å²) in [7, 11) is 0. The average molecular weight is 497 g/mol. The van der Waals surface area contributed by atoms with Gasteiger partial charge in [0, 0.05) is 16.1 Å². The Morgan fingerprint density at radius 2 is 1.78 bits per heavy atom. The van der Waals surface area contributed by atoms with Crippen molar-refractivity contribution in [3.8, 4) is 11.5 Å². The normalized spacial score (nSPS) is 10.9. The molecule has 3 aromatic rings. The van der Waals surface area contributed by atoms with Crippen molar-refractivity contribution in [1.82, 2.24) is 5.43 Å². The number of rotatable bonds is 8. The predicted molar refractivity (Wildman–Crippen MR) is 123 cm³/mol. The zero-order valence-electron chi connectivity index (χ0n) is 16.7. The molecule has 6 nitrogen and oxygen atoms in total. The van der Waals surface area contributed by atoms with Gasteiger partial charge in [-0.2, -0.15) is 5.10 Å². The number of hydrogen-bond donors (Lipinski definition) is 1. The van der Waals surface area contributed by atoms with Gasteiger partial charge < -0.3 is 9.47 Å². The first-order valence-electron chi connectivity index (χ1n) is 9.44. The second-order valence-electron chi connectivity index (χ2n) is 6.38. The number of ether oxygens (including phenoxy) is 2. The summed E-state index contributed by atoms with van der Waals surface area (Å²) in [5.41, 5.74) is 3.66. The molecule has 0 saturated heterocycles. The number of hydrazone groups is 1. The summed E-state index contributed by atoms with van der Waals surface area (Å²) in [4.78, 5) is 24.1. The fourth-order valence-corrected chi connectivity index (χ4v) is 2.85. The third kappa shape index (κ3) is 7.48. The van der Waals surface area contributed by atoms with Crippen LogP contribution in [0, 0.1) is 5.82 Å². The fraction of sp³-hybridized carbons (Fsp3) is 0.0417. The molecule has 162 valence electrons. The highest BCUT2D eigenvalue weighted by atomic mass is 79.9. The van der Waals surface area contributed by atoms with Crippen molar-refractivity contribution in [1.29, 1.82) is 0 Å². The average Bonchev–Trinajstić information content (AvgIpc) is 2.80. The third-order valence-electron chi connectivity index (χ3n) is 3.97. The zero-order chi connectivity index (χ0) is 22.8. The highest BCUT2D eigenvalue weighted by molar-refractivity contribution is 9.10. The van der Waals surface area contributed by atoms with Crippen molar-refractivity contribution >= 4 is 40.1 Å². The van der Waals surface area contributed by atoms with Gasteiger partial charge in [-0.1, -0.05) is 46.3 Å². The second kappa shape index (κ2) is 11.6. The van der Waals surface area contributed by atoms with Gasteiger partial charge in [0.1, 0.15) is 17.3 Å². The van der Waals surface area contributed by atoms with E-state index in [-0.39, 0.29) is 12.4 Å². The number of benzene rings is 3. The zero-order valence-corrected chi connectivity index (χ0v) is 18.3. The van der Waals surface area contributed by atoms with Gasteiger partial charge in [-0.25, -0.2) is 14.6 Å². The van der Waals surface area contributed by atoms with E-state index < -0.39 is 17.7 Å². The van der Waals surface area contributed by atoms with Gasteiger partial charge in [0.15, 0.2) is 6.61 Å². The lowest BCUT2D eigenvalue weighted by atomic mass is 10.2. The van der Waals surface area contributed by atoms with Gasteiger partial charge in [0.2, 0.25) is 0 Å². The van der Waals surface area contributed by atoms with Crippen LogP contribution in [0.4, 0.5) is 4.39 Å². The van der Waals surface area contributed by atoms with Gasteiger partial charge in [0.05, 0.1) is 6.21 Å². The van der Waals surface area contributed by atoms with E-state index in [4.69, 9.17) is 9.47 Å². The highest BCUT2D eigenvalue weighted by Crippen LogP contribution is 2.22. The van der Waals surface area contributed by atoms with E-state index in [1.807, 2.05) is 30.3 Å². The Hall–Kier alpha value is -3.78. The lowest BCUT2D eigenvalue weighted by molar-refractivity contribution is -0.129. The molecule has 32 heavy (non-hydrogen) atoms. The molecule has 0 spiro atoms. The molecule has 0 saturated carbocycles. The fourth-order valence-electron chi connectivity index (χ4n) is 2.47. The molecule has 0 atom stereocenters. The van der Waals surface area contributed by atoms with Gasteiger partial charge in [-0.15, -0.1) is 0 Å². The Labute approximate surface area is 192 Å². The van der Waals surface area contributed by atoms with E-state index in [0.717, 1.165) is 10.0 Å². The summed E-state index contributed by atoms with van der Waals surface area (Å²) >= 11 is 3.35. The molecule has 3 aromatic carbocycles. The van der Waals surface area contributed by atoms with Crippen LogP contribution in [0.1, 0.15) is 11.1 Å².